The van der Waals surface area contributed by atoms with Crippen LogP contribution in [0.5, 0.6) is 0 Å². The summed E-state index contributed by atoms with van der Waals surface area (Å²) in [5, 5.41) is 0. The molecule has 1 unspecified atom stereocenters. The number of allylic oxidation sites excluding steroid dienone is 3. The normalized spacial score (nSPS) is 12.6. The molecule has 23 heavy (non-hydrogen) atoms. The van der Waals surface area contributed by atoms with Crippen LogP contribution in [0, 0.1) is 18.8 Å². The quantitative estimate of drug-likeness (QED) is 0.450. The van der Waals surface area contributed by atoms with Gasteiger partial charge in [-0.2, -0.15) is 0 Å². The van der Waals surface area contributed by atoms with Gasteiger partial charge in [0.15, 0.2) is 0 Å². The maximum atomic E-state index is 4.11. The highest BCUT2D eigenvalue weighted by atomic mass is 14.1. The van der Waals surface area contributed by atoms with Crippen LogP contribution in [0.25, 0.3) is 5.57 Å². The number of rotatable bonds is 7. The first-order valence-corrected chi connectivity index (χ1v) is 9.22. The summed E-state index contributed by atoms with van der Waals surface area (Å²) >= 11 is 0. The molecule has 0 aliphatic heterocycles. The van der Waals surface area contributed by atoms with E-state index in [0.29, 0.717) is 5.92 Å². The van der Waals surface area contributed by atoms with E-state index in [4.69, 9.17) is 0 Å². The van der Waals surface area contributed by atoms with Crippen molar-refractivity contribution in [3.05, 3.63) is 53.6 Å². The molecule has 0 bridgehead atoms. The summed E-state index contributed by atoms with van der Waals surface area (Å²) in [5.74, 6) is 1.56. The molecule has 0 aromatic heterocycles. The van der Waals surface area contributed by atoms with Gasteiger partial charge in [-0.25, -0.2) is 0 Å². The summed E-state index contributed by atoms with van der Waals surface area (Å²) in [5.41, 5.74) is 5.49. The van der Waals surface area contributed by atoms with Gasteiger partial charge in [0.25, 0.3) is 0 Å². The highest BCUT2D eigenvalue weighted by molar-refractivity contribution is 5.65. The minimum absolute atomic E-state index is 0.671. The Labute approximate surface area is 145 Å². The van der Waals surface area contributed by atoms with Crippen molar-refractivity contribution < 1.29 is 0 Å². The van der Waals surface area contributed by atoms with Crippen molar-refractivity contribution in [1.29, 1.82) is 0 Å². The van der Waals surface area contributed by atoms with Gasteiger partial charge in [-0.3, -0.25) is 0 Å². The molecule has 0 nitrogen and oxygen atoms in total. The van der Waals surface area contributed by atoms with Gasteiger partial charge in [0, 0.05) is 0 Å². The van der Waals surface area contributed by atoms with Crippen LogP contribution in [0.4, 0.5) is 0 Å². The predicted molar refractivity (Wildman–Crippen MR) is 108 cm³/mol. The number of hydrogen-bond donors (Lipinski definition) is 0. The van der Waals surface area contributed by atoms with Crippen LogP contribution in [0.3, 0.4) is 0 Å². The first kappa shape index (κ1) is 21.7. The molecule has 0 heterocycles. The van der Waals surface area contributed by atoms with Gasteiger partial charge in [-0.1, -0.05) is 89.1 Å². The molecule has 1 aromatic rings. The molecule has 0 amide bonds. The van der Waals surface area contributed by atoms with Gasteiger partial charge >= 0.3 is 0 Å². The lowest BCUT2D eigenvalue weighted by Crippen LogP contribution is -1.98. The van der Waals surface area contributed by atoms with Crippen molar-refractivity contribution >= 4 is 5.57 Å². The first-order chi connectivity index (χ1) is 10.8. The number of aryl methyl sites for hydroxylation is 1. The van der Waals surface area contributed by atoms with E-state index in [-0.39, 0.29) is 0 Å². The summed E-state index contributed by atoms with van der Waals surface area (Å²) in [6, 6.07) is 8.83. The van der Waals surface area contributed by atoms with Crippen molar-refractivity contribution in [2.75, 3.05) is 0 Å². The smallest absolute Gasteiger partial charge is 0.0228 e. The zero-order valence-electron chi connectivity index (χ0n) is 16.6. The fourth-order valence-corrected chi connectivity index (χ4v) is 2.25. The van der Waals surface area contributed by atoms with E-state index >= 15 is 0 Å². The third-order valence-electron chi connectivity index (χ3n) is 4.29. The van der Waals surface area contributed by atoms with E-state index in [9.17, 15) is 0 Å². The van der Waals surface area contributed by atoms with Gasteiger partial charge in [0.2, 0.25) is 0 Å². The average molecular weight is 315 g/mol. The lowest BCUT2D eigenvalue weighted by Gasteiger charge is -2.15. The molecular weight excluding hydrogens is 276 g/mol. The molecule has 0 N–H and O–H groups in total. The lowest BCUT2D eigenvalue weighted by atomic mass is 9.90. The Morgan fingerprint density at radius 3 is 1.96 bits per heavy atom. The van der Waals surface area contributed by atoms with E-state index in [1.54, 1.807) is 0 Å². The van der Waals surface area contributed by atoms with Crippen molar-refractivity contribution in [2.45, 2.75) is 74.1 Å². The lowest BCUT2D eigenvalue weighted by molar-refractivity contribution is 0.586. The Balaban J connectivity index is 0.000000841. The Kier molecular flexibility index (Phi) is 11.5. The van der Waals surface area contributed by atoms with Gasteiger partial charge in [0.05, 0.1) is 0 Å². The summed E-state index contributed by atoms with van der Waals surface area (Å²) in [6.45, 7) is 19.5. The monoisotopic (exact) mass is 314 g/mol. The van der Waals surface area contributed by atoms with E-state index in [2.05, 4.69) is 85.4 Å². The van der Waals surface area contributed by atoms with Crippen LogP contribution >= 0.6 is 0 Å². The van der Waals surface area contributed by atoms with Crippen LogP contribution < -0.4 is 0 Å². The zero-order valence-corrected chi connectivity index (χ0v) is 16.6. The molecule has 0 heteroatoms. The van der Waals surface area contributed by atoms with Crippen LogP contribution in [0.1, 0.15) is 78.4 Å². The standard InChI is InChI=1S/C18H26.C5H12/c1-6-14(3)12-16(5)13-17(7-2)18-10-8-15(4)9-11-18;1-4-5(2)3/h7-11,16H,3,6,12-13H2,1-2,4-5H3;5H,4H2,1-3H3/b17-7+;. The molecule has 0 fully saturated rings. The van der Waals surface area contributed by atoms with Crippen molar-refractivity contribution in [3.8, 4) is 0 Å². The number of hydrogen-bond acceptors (Lipinski definition) is 0. The minimum Gasteiger partial charge on any atom is -0.0999 e. The molecule has 1 aromatic carbocycles. The summed E-state index contributed by atoms with van der Waals surface area (Å²) < 4.78 is 0. The molecule has 130 valence electrons. The molecule has 0 saturated heterocycles. The third-order valence-corrected chi connectivity index (χ3v) is 4.29. The predicted octanol–water partition coefficient (Wildman–Crippen LogP) is 7.83. The second kappa shape index (κ2) is 12.2. The van der Waals surface area contributed by atoms with Crippen molar-refractivity contribution in [2.24, 2.45) is 11.8 Å². The second-order valence-electron chi connectivity index (χ2n) is 7.10. The van der Waals surface area contributed by atoms with E-state index < -0.39 is 0 Å². The summed E-state index contributed by atoms with van der Waals surface area (Å²) in [7, 11) is 0. The number of benzene rings is 1. The molecule has 0 radical (unpaired) electrons. The fraction of sp³-hybridized carbons (Fsp3) is 0.565. The van der Waals surface area contributed by atoms with E-state index in [1.807, 2.05) is 0 Å². The SMILES string of the molecule is C=C(CC)CC(C)C/C(=C\C)c1ccc(C)cc1.CCC(C)C. The zero-order chi connectivity index (χ0) is 17.8. The van der Waals surface area contributed by atoms with Crippen molar-refractivity contribution in [1.82, 2.24) is 0 Å². The average Bonchev–Trinajstić information content (AvgIpc) is 2.53. The molecule has 1 rings (SSSR count). The Bertz CT molecular complexity index is 459. The Morgan fingerprint density at radius 1 is 1.04 bits per heavy atom. The van der Waals surface area contributed by atoms with Gasteiger partial charge in [-0.15, -0.1) is 0 Å². The van der Waals surface area contributed by atoms with Gasteiger partial charge < -0.3 is 0 Å². The maximum absolute atomic E-state index is 4.11. The molecule has 1 atom stereocenters. The molecule has 0 aliphatic carbocycles. The maximum Gasteiger partial charge on any atom is -0.0228 e. The minimum atomic E-state index is 0.671. The molecule has 0 saturated carbocycles. The van der Waals surface area contributed by atoms with Crippen LogP contribution in [-0.4, -0.2) is 0 Å². The summed E-state index contributed by atoms with van der Waals surface area (Å²) in [6.07, 6.45) is 6.92. The van der Waals surface area contributed by atoms with Crippen LogP contribution in [0.2, 0.25) is 0 Å². The fourth-order valence-electron chi connectivity index (χ4n) is 2.25. The van der Waals surface area contributed by atoms with Gasteiger partial charge in [-0.05, 0) is 56.1 Å². The van der Waals surface area contributed by atoms with Crippen LogP contribution in [-0.2, 0) is 0 Å². The van der Waals surface area contributed by atoms with Gasteiger partial charge in [0.1, 0.15) is 0 Å². The topological polar surface area (TPSA) is 0 Å². The highest BCUT2D eigenvalue weighted by Gasteiger charge is 2.08. The third kappa shape index (κ3) is 10.2. The Hall–Kier alpha value is -1.30. The molecule has 0 spiro atoms. The second-order valence-corrected chi connectivity index (χ2v) is 7.10. The molecular formula is C23H38. The highest BCUT2D eigenvalue weighted by Crippen LogP contribution is 2.26. The van der Waals surface area contributed by atoms with Crippen LogP contribution in [0.15, 0.2) is 42.5 Å². The summed E-state index contributed by atoms with van der Waals surface area (Å²) in [4.78, 5) is 0. The van der Waals surface area contributed by atoms with E-state index in [1.165, 1.54) is 28.7 Å². The molecule has 0 aliphatic rings. The van der Waals surface area contributed by atoms with Crippen molar-refractivity contribution in [3.63, 3.8) is 0 Å². The van der Waals surface area contributed by atoms with E-state index in [0.717, 1.165) is 25.2 Å². The first-order valence-electron chi connectivity index (χ1n) is 9.22. The Morgan fingerprint density at radius 2 is 1.57 bits per heavy atom. The largest absolute Gasteiger partial charge is 0.0999 e.